The maximum absolute atomic E-state index is 13.2. The number of amides is 1. The summed E-state index contributed by atoms with van der Waals surface area (Å²) < 4.78 is 37.4. The summed E-state index contributed by atoms with van der Waals surface area (Å²) in [6.07, 6.45) is 0.464. The van der Waals surface area contributed by atoms with Crippen LogP contribution in [0.15, 0.2) is 39.8 Å². The van der Waals surface area contributed by atoms with Crippen molar-refractivity contribution in [1.82, 2.24) is 9.46 Å². The molecule has 29 heavy (non-hydrogen) atoms. The first-order valence-electron chi connectivity index (χ1n) is 9.37. The van der Waals surface area contributed by atoms with E-state index in [4.69, 9.17) is 9.26 Å². The average molecular weight is 424 g/mol. The van der Waals surface area contributed by atoms with Crippen molar-refractivity contribution in [2.45, 2.75) is 44.4 Å². The molecule has 2 rings (SSSR count). The first-order valence-corrected chi connectivity index (χ1v) is 10.8. The lowest BCUT2D eigenvalue weighted by Crippen LogP contribution is -2.39. The van der Waals surface area contributed by atoms with E-state index in [1.807, 2.05) is 0 Å². The quantitative estimate of drug-likeness (QED) is 0.622. The Balaban J connectivity index is 2.20. The summed E-state index contributed by atoms with van der Waals surface area (Å²) in [6.45, 7) is 8.09. The second kappa shape index (κ2) is 9.51. The zero-order valence-corrected chi connectivity index (χ0v) is 18.4. The van der Waals surface area contributed by atoms with Gasteiger partial charge in [0, 0.05) is 26.3 Å². The number of anilines is 1. The molecule has 0 saturated carbocycles. The highest BCUT2D eigenvalue weighted by molar-refractivity contribution is 7.89. The van der Waals surface area contributed by atoms with E-state index in [1.165, 1.54) is 0 Å². The molecule has 8 nitrogen and oxygen atoms in total. The van der Waals surface area contributed by atoms with E-state index in [2.05, 4.69) is 31.2 Å². The summed E-state index contributed by atoms with van der Waals surface area (Å²) in [7, 11) is -2.31. The van der Waals surface area contributed by atoms with Gasteiger partial charge in [0.2, 0.25) is 15.9 Å². The SMILES string of the molecule is COCCCN(CC(=O)Nc1cc(C)on1)S(=O)(=O)c1ccc(C(C)(C)C)cc1. The Morgan fingerprint density at radius 2 is 1.90 bits per heavy atom. The predicted octanol–water partition coefficient (Wildman–Crippen LogP) is 2.95. The third kappa shape index (κ3) is 6.38. The van der Waals surface area contributed by atoms with Gasteiger partial charge in [-0.05, 0) is 36.5 Å². The fourth-order valence-corrected chi connectivity index (χ4v) is 4.15. The lowest BCUT2D eigenvalue weighted by molar-refractivity contribution is -0.116. The Morgan fingerprint density at radius 1 is 1.24 bits per heavy atom. The minimum absolute atomic E-state index is 0.0872. The number of hydrogen-bond donors (Lipinski definition) is 1. The average Bonchev–Trinajstić information content (AvgIpc) is 3.05. The summed E-state index contributed by atoms with van der Waals surface area (Å²) in [6, 6.07) is 8.33. The molecule has 0 bridgehead atoms. The van der Waals surface area contributed by atoms with Crippen LogP contribution in [-0.2, 0) is 25.0 Å². The largest absolute Gasteiger partial charge is 0.385 e. The highest BCUT2D eigenvalue weighted by Gasteiger charge is 2.27. The Morgan fingerprint density at radius 3 is 2.41 bits per heavy atom. The fraction of sp³-hybridized carbons (Fsp3) is 0.500. The summed E-state index contributed by atoms with van der Waals surface area (Å²) >= 11 is 0. The number of rotatable bonds is 9. The number of aryl methyl sites for hydroxylation is 1. The van der Waals surface area contributed by atoms with Crippen LogP contribution in [0.3, 0.4) is 0 Å². The van der Waals surface area contributed by atoms with Crippen LogP contribution in [0.1, 0.15) is 38.5 Å². The fourth-order valence-electron chi connectivity index (χ4n) is 2.71. The summed E-state index contributed by atoms with van der Waals surface area (Å²) in [5, 5.41) is 6.25. The molecular formula is C20H29N3O5S. The molecule has 0 aliphatic carbocycles. The number of carbonyl (C=O) groups is 1. The molecule has 1 aromatic heterocycles. The molecule has 0 aliphatic rings. The van der Waals surface area contributed by atoms with Gasteiger partial charge in [0.15, 0.2) is 5.82 Å². The third-order valence-corrected chi connectivity index (χ3v) is 6.19. The van der Waals surface area contributed by atoms with Gasteiger partial charge in [0.05, 0.1) is 11.4 Å². The molecule has 0 saturated heterocycles. The molecule has 0 fully saturated rings. The normalized spacial score (nSPS) is 12.3. The van der Waals surface area contributed by atoms with Gasteiger partial charge >= 0.3 is 0 Å². The van der Waals surface area contributed by atoms with Crippen molar-refractivity contribution in [3.05, 3.63) is 41.7 Å². The Hall–Kier alpha value is -2.23. The molecule has 9 heteroatoms. The van der Waals surface area contributed by atoms with Crippen molar-refractivity contribution in [3.8, 4) is 0 Å². The van der Waals surface area contributed by atoms with Gasteiger partial charge in [-0.15, -0.1) is 0 Å². The molecule has 1 heterocycles. The number of ether oxygens (including phenoxy) is 1. The zero-order chi connectivity index (χ0) is 21.7. The molecule has 0 atom stereocenters. The van der Waals surface area contributed by atoms with Crippen molar-refractivity contribution >= 4 is 21.7 Å². The Bertz CT molecular complexity index is 914. The van der Waals surface area contributed by atoms with Crippen molar-refractivity contribution < 1.29 is 22.5 Å². The van der Waals surface area contributed by atoms with Gasteiger partial charge in [0.25, 0.3) is 0 Å². The van der Waals surface area contributed by atoms with Crippen LogP contribution in [0.25, 0.3) is 0 Å². The number of aromatic nitrogens is 1. The monoisotopic (exact) mass is 423 g/mol. The number of carbonyl (C=O) groups excluding carboxylic acids is 1. The van der Waals surface area contributed by atoms with E-state index in [-0.39, 0.29) is 29.2 Å². The van der Waals surface area contributed by atoms with E-state index < -0.39 is 15.9 Å². The minimum Gasteiger partial charge on any atom is -0.385 e. The molecule has 0 unspecified atom stereocenters. The molecule has 1 amide bonds. The van der Waals surface area contributed by atoms with E-state index in [9.17, 15) is 13.2 Å². The number of sulfonamides is 1. The van der Waals surface area contributed by atoms with Crippen LogP contribution in [0.5, 0.6) is 0 Å². The molecule has 1 aromatic carbocycles. The first kappa shape index (κ1) is 23.1. The molecule has 1 N–H and O–H groups in total. The number of methoxy groups -OCH3 is 1. The number of hydrogen-bond acceptors (Lipinski definition) is 6. The highest BCUT2D eigenvalue weighted by atomic mass is 32.2. The molecular weight excluding hydrogens is 394 g/mol. The summed E-state index contributed by atoms with van der Waals surface area (Å²) in [5.74, 6) is 0.297. The lowest BCUT2D eigenvalue weighted by atomic mass is 9.87. The van der Waals surface area contributed by atoms with Gasteiger partial charge in [-0.3, -0.25) is 4.79 Å². The summed E-state index contributed by atoms with van der Waals surface area (Å²) in [5.41, 5.74) is 0.942. The van der Waals surface area contributed by atoms with E-state index in [0.29, 0.717) is 18.8 Å². The van der Waals surface area contributed by atoms with Gasteiger partial charge < -0.3 is 14.6 Å². The second-order valence-corrected chi connectivity index (χ2v) is 9.77. The van der Waals surface area contributed by atoms with Crippen LogP contribution < -0.4 is 5.32 Å². The van der Waals surface area contributed by atoms with Gasteiger partial charge in [-0.2, -0.15) is 4.31 Å². The van der Waals surface area contributed by atoms with Crippen LogP contribution in [0.2, 0.25) is 0 Å². The van der Waals surface area contributed by atoms with E-state index >= 15 is 0 Å². The first-order chi connectivity index (χ1) is 13.5. The van der Waals surface area contributed by atoms with Crippen LogP contribution in [0.4, 0.5) is 5.82 Å². The molecule has 160 valence electrons. The van der Waals surface area contributed by atoms with Crippen molar-refractivity contribution in [1.29, 1.82) is 0 Å². The molecule has 2 aromatic rings. The molecule has 0 spiro atoms. The maximum Gasteiger partial charge on any atom is 0.243 e. The predicted molar refractivity (Wildman–Crippen MR) is 110 cm³/mol. The van der Waals surface area contributed by atoms with E-state index in [1.54, 1.807) is 44.4 Å². The topological polar surface area (TPSA) is 102 Å². The van der Waals surface area contributed by atoms with Crippen LogP contribution in [-0.4, -0.2) is 50.6 Å². The van der Waals surface area contributed by atoms with Crippen LogP contribution >= 0.6 is 0 Å². The second-order valence-electron chi connectivity index (χ2n) is 7.83. The number of nitrogens with one attached hydrogen (secondary N) is 1. The van der Waals surface area contributed by atoms with E-state index in [0.717, 1.165) is 9.87 Å². The Kier molecular flexibility index (Phi) is 7.56. The highest BCUT2D eigenvalue weighted by Crippen LogP contribution is 2.24. The number of benzene rings is 1. The standard InChI is InChI=1S/C20H29N3O5S/c1-15-13-18(22-28-15)21-19(24)14-23(11-6-12-27-5)29(25,26)17-9-7-16(8-10-17)20(2,3)4/h7-10,13H,6,11-12,14H2,1-5H3,(H,21,22,24). The third-order valence-electron chi connectivity index (χ3n) is 4.33. The summed E-state index contributed by atoms with van der Waals surface area (Å²) in [4.78, 5) is 12.5. The van der Waals surface area contributed by atoms with Crippen LogP contribution in [0, 0.1) is 6.92 Å². The van der Waals surface area contributed by atoms with Crippen molar-refractivity contribution in [2.75, 3.05) is 32.1 Å². The van der Waals surface area contributed by atoms with Crippen molar-refractivity contribution in [3.63, 3.8) is 0 Å². The maximum atomic E-state index is 13.2. The lowest BCUT2D eigenvalue weighted by Gasteiger charge is -2.23. The Labute approximate surface area is 172 Å². The smallest absolute Gasteiger partial charge is 0.243 e. The van der Waals surface area contributed by atoms with Gasteiger partial charge in [0.1, 0.15) is 5.76 Å². The number of nitrogens with zero attached hydrogens (tertiary/aromatic N) is 2. The molecule has 0 radical (unpaired) electrons. The zero-order valence-electron chi connectivity index (χ0n) is 17.6. The molecule has 0 aliphatic heterocycles. The van der Waals surface area contributed by atoms with Crippen molar-refractivity contribution in [2.24, 2.45) is 0 Å². The van der Waals surface area contributed by atoms with Gasteiger partial charge in [-0.25, -0.2) is 8.42 Å². The van der Waals surface area contributed by atoms with Gasteiger partial charge in [-0.1, -0.05) is 38.1 Å². The minimum atomic E-state index is -3.85.